The van der Waals surface area contributed by atoms with Gasteiger partial charge in [-0.3, -0.25) is 0 Å². The van der Waals surface area contributed by atoms with E-state index in [4.69, 9.17) is 0 Å². The fourth-order valence-electron chi connectivity index (χ4n) is 1.11. The molecule has 0 amide bonds. The SMILES string of the molecule is [SiH3]NC1CCNCC1. The second-order valence-corrected chi connectivity index (χ2v) is 2.89. The summed E-state index contributed by atoms with van der Waals surface area (Å²) in [6.45, 7) is 2.42. The van der Waals surface area contributed by atoms with Crippen LogP contribution in [0.25, 0.3) is 0 Å². The minimum Gasteiger partial charge on any atom is -0.343 e. The Hall–Kier alpha value is 0.137. The first-order valence-corrected chi connectivity index (χ1v) is 4.31. The Balaban J connectivity index is 2.13. The fourth-order valence-corrected chi connectivity index (χ4v) is 1.69. The lowest BCUT2D eigenvalue weighted by atomic mass is 10.1. The minimum atomic E-state index is 0.836. The summed E-state index contributed by atoms with van der Waals surface area (Å²) in [4.78, 5) is 3.40. The highest BCUT2D eigenvalue weighted by molar-refractivity contribution is 6.04. The highest BCUT2D eigenvalue weighted by atomic mass is 28.2. The van der Waals surface area contributed by atoms with E-state index in [-0.39, 0.29) is 0 Å². The van der Waals surface area contributed by atoms with Crippen molar-refractivity contribution in [2.75, 3.05) is 13.1 Å². The lowest BCUT2D eigenvalue weighted by Gasteiger charge is -2.21. The average Bonchev–Trinajstić information content (AvgIpc) is 1.90. The molecule has 0 aliphatic carbocycles. The highest BCUT2D eigenvalue weighted by Crippen LogP contribution is 1.99. The maximum Gasteiger partial charge on any atom is 0.0752 e. The van der Waals surface area contributed by atoms with E-state index in [9.17, 15) is 0 Å². The number of hydrogen-bond donors (Lipinski definition) is 2. The van der Waals surface area contributed by atoms with Gasteiger partial charge >= 0.3 is 0 Å². The molecule has 0 aromatic carbocycles. The summed E-state index contributed by atoms with van der Waals surface area (Å²) < 4.78 is 0. The van der Waals surface area contributed by atoms with Crippen LogP contribution >= 0.6 is 0 Å². The molecule has 8 heavy (non-hydrogen) atoms. The lowest BCUT2D eigenvalue weighted by Crippen LogP contribution is -2.38. The number of rotatable bonds is 1. The average molecular weight is 130 g/mol. The lowest BCUT2D eigenvalue weighted by molar-refractivity contribution is 0.436. The first-order valence-electron chi connectivity index (χ1n) is 3.31. The van der Waals surface area contributed by atoms with Crippen molar-refractivity contribution in [2.45, 2.75) is 18.9 Å². The first kappa shape index (κ1) is 6.26. The van der Waals surface area contributed by atoms with E-state index in [0.717, 1.165) is 16.4 Å². The van der Waals surface area contributed by atoms with Crippen molar-refractivity contribution in [1.82, 2.24) is 10.3 Å². The van der Waals surface area contributed by atoms with Crippen LogP contribution in [0.1, 0.15) is 12.8 Å². The van der Waals surface area contributed by atoms with Crippen molar-refractivity contribution < 1.29 is 0 Å². The smallest absolute Gasteiger partial charge is 0.0752 e. The van der Waals surface area contributed by atoms with Gasteiger partial charge in [-0.2, -0.15) is 0 Å². The highest BCUT2D eigenvalue weighted by Gasteiger charge is 2.08. The van der Waals surface area contributed by atoms with Crippen molar-refractivity contribution in [3.05, 3.63) is 0 Å². The molecule has 1 fully saturated rings. The monoisotopic (exact) mass is 130 g/mol. The Morgan fingerprint density at radius 2 is 2.00 bits per heavy atom. The third-order valence-electron chi connectivity index (χ3n) is 1.75. The van der Waals surface area contributed by atoms with Crippen LogP contribution in [0.5, 0.6) is 0 Å². The van der Waals surface area contributed by atoms with E-state index in [0.29, 0.717) is 0 Å². The molecule has 1 heterocycles. The van der Waals surface area contributed by atoms with Crippen LogP contribution in [0.15, 0.2) is 0 Å². The van der Waals surface area contributed by atoms with Gasteiger partial charge in [0.15, 0.2) is 0 Å². The van der Waals surface area contributed by atoms with Gasteiger partial charge in [0.05, 0.1) is 10.4 Å². The zero-order chi connectivity index (χ0) is 5.82. The zero-order valence-electron chi connectivity index (χ0n) is 5.41. The summed E-state index contributed by atoms with van der Waals surface area (Å²) in [5, 5.41) is 3.32. The molecule has 1 rings (SSSR count). The van der Waals surface area contributed by atoms with E-state index in [1.165, 1.54) is 25.9 Å². The van der Waals surface area contributed by atoms with E-state index in [2.05, 4.69) is 10.3 Å². The molecule has 0 atom stereocenters. The molecular formula is C5H14N2Si. The quantitative estimate of drug-likeness (QED) is 0.427. The summed E-state index contributed by atoms with van der Waals surface area (Å²) in [7, 11) is 1.15. The van der Waals surface area contributed by atoms with E-state index < -0.39 is 0 Å². The van der Waals surface area contributed by atoms with Crippen LogP contribution in [-0.4, -0.2) is 29.5 Å². The van der Waals surface area contributed by atoms with Crippen LogP contribution in [-0.2, 0) is 0 Å². The van der Waals surface area contributed by atoms with Crippen molar-refractivity contribution >= 4 is 10.4 Å². The predicted molar refractivity (Wildman–Crippen MR) is 39.0 cm³/mol. The summed E-state index contributed by atoms with van der Waals surface area (Å²) >= 11 is 0. The third kappa shape index (κ3) is 1.58. The standard InChI is InChI=1S/C5H14N2Si/c8-7-5-1-3-6-4-2-5/h5-7H,1-4H2,8H3. The maximum absolute atomic E-state index is 3.40. The molecule has 0 spiro atoms. The molecule has 0 radical (unpaired) electrons. The number of piperidine rings is 1. The molecule has 0 unspecified atom stereocenters. The summed E-state index contributed by atoms with van der Waals surface area (Å²) in [6, 6.07) is 0.836. The molecule has 1 saturated heterocycles. The summed E-state index contributed by atoms with van der Waals surface area (Å²) in [5.74, 6) is 0. The molecule has 2 N–H and O–H groups in total. The Morgan fingerprint density at radius 1 is 1.38 bits per heavy atom. The normalized spacial score (nSPS) is 24.0. The van der Waals surface area contributed by atoms with Crippen LogP contribution < -0.4 is 10.3 Å². The molecular weight excluding hydrogens is 116 g/mol. The van der Waals surface area contributed by atoms with Crippen molar-refractivity contribution in [3.8, 4) is 0 Å². The molecule has 0 aromatic heterocycles. The zero-order valence-corrected chi connectivity index (χ0v) is 7.41. The predicted octanol–water partition coefficient (Wildman–Crippen LogP) is -1.39. The summed E-state index contributed by atoms with van der Waals surface area (Å²) in [5.41, 5.74) is 0. The summed E-state index contributed by atoms with van der Waals surface area (Å²) in [6.07, 6.45) is 2.65. The minimum absolute atomic E-state index is 0.836. The van der Waals surface area contributed by atoms with Gasteiger partial charge in [0, 0.05) is 6.04 Å². The molecule has 0 saturated carbocycles. The van der Waals surface area contributed by atoms with Crippen LogP contribution in [0.4, 0.5) is 0 Å². The van der Waals surface area contributed by atoms with Crippen LogP contribution in [0.2, 0.25) is 0 Å². The van der Waals surface area contributed by atoms with E-state index in [1.54, 1.807) is 0 Å². The number of hydrogen-bond acceptors (Lipinski definition) is 2. The van der Waals surface area contributed by atoms with Gasteiger partial charge in [-0.25, -0.2) is 0 Å². The Morgan fingerprint density at radius 3 is 2.38 bits per heavy atom. The van der Waals surface area contributed by atoms with Crippen molar-refractivity contribution in [1.29, 1.82) is 0 Å². The van der Waals surface area contributed by atoms with Gasteiger partial charge in [-0.1, -0.05) is 0 Å². The van der Waals surface area contributed by atoms with Gasteiger partial charge in [-0.05, 0) is 25.9 Å². The maximum atomic E-state index is 3.40. The largest absolute Gasteiger partial charge is 0.343 e. The first-order chi connectivity index (χ1) is 3.93. The van der Waals surface area contributed by atoms with Gasteiger partial charge in [0.1, 0.15) is 0 Å². The molecule has 1 aliphatic rings. The topological polar surface area (TPSA) is 24.1 Å². The van der Waals surface area contributed by atoms with E-state index in [1.807, 2.05) is 0 Å². The molecule has 2 nitrogen and oxygen atoms in total. The van der Waals surface area contributed by atoms with Crippen molar-refractivity contribution in [3.63, 3.8) is 0 Å². The van der Waals surface area contributed by atoms with Crippen LogP contribution in [0.3, 0.4) is 0 Å². The molecule has 0 aromatic rings. The number of nitrogens with one attached hydrogen (secondary N) is 2. The van der Waals surface area contributed by atoms with Crippen molar-refractivity contribution in [2.24, 2.45) is 0 Å². The van der Waals surface area contributed by atoms with Gasteiger partial charge in [0.2, 0.25) is 0 Å². The molecule has 0 bridgehead atoms. The van der Waals surface area contributed by atoms with Gasteiger partial charge in [-0.15, -0.1) is 0 Å². The fraction of sp³-hybridized carbons (Fsp3) is 1.00. The molecule has 1 aliphatic heterocycles. The second kappa shape index (κ2) is 3.22. The molecule has 3 heteroatoms. The Bertz CT molecular complexity index is 61.4. The van der Waals surface area contributed by atoms with E-state index >= 15 is 0 Å². The Kier molecular flexibility index (Phi) is 2.52. The van der Waals surface area contributed by atoms with Gasteiger partial charge in [0.25, 0.3) is 0 Å². The molecule has 48 valence electrons. The second-order valence-electron chi connectivity index (χ2n) is 2.31. The van der Waals surface area contributed by atoms with Gasteiger partial charge < -0.3 is 10.3 Å². The van der Waals surface area contributed by atoms with Crippen LogP contribution in [0, 0.1) is 0 Å². The Labute approximate surface area is 53.5 Å². The third-order valence-corrected chi connectivity index (χ3v) is 2.56.